The van der Waals surface area contributed by atoms with Gasteiger partial charge >= 0.3 is 0 Å². The Hall–Kier alpha value is -1.37. The van der Waals surface area contributed by atoms with Crippen LogP contribution in [0.5, 0.6) is 0 Å². The van der Waals surface area contributed by atoms with Crippen LogP contribution in [0.1, 0.15) is 46.5 Å². The molecule has 108 valence electrons. The van der Waals surface area contributed by atoms with Crippen molar-refractivity contribution < 1.29 is 4.79 Å². The van der Waals surface area contributed by atoms with Gasteiger partial charge in [0.15, 0.2) is 0 Å². The second kappa shape index (κ2) is 6.88. The molecular weight excluding hydrogens is 244 g/mol. The highest BCUT2D eigenvalue weighted by Gasteiger charge is 2.33. The van der Waals surface area contributed by atoms with E-state index in [2.05, 4.69) is 50.3 Å². The summed E-state index contributed by atoms with van der Waals surface area (Å²) in [7, 11) is 0. The molecule has 0 amide bonds. The van der Waals surface area contributed by atoms with Crippen LogP contribution in [0.2, 0.25) is 0 Å². The van der Waals surface area contributed by atoms with Crippen molar-refractivity contribution in [3.8, 4) is 0 Å². The van der Waals surface area contributed by atoms with Gasteiger partial charge in [-0.25, -0.2) is 0 Å². The second-order valence-electron chi connectivity index (χ2n) is 6.25. The molecule has 1 heteroatoms. The third-order valence-electron chi connectivity index (χ3n) is 4.37. The Kier molecular flexibility index (Phi) is 5.17. The molecule has 0 aromatic rings. The first-order valence-electron chi connectivity index (χ1n) is 7.84. The number of hydrogen-bond donors (Lipinski definition) is 0. The molecule has 2 aliphatic carbocycles. The summed E-state index contributed by atoms with van der Waals surface area (Å²) in [6.45, 7) is 6.24. The Morgan fingerprint density at radius 1 is 1.15 bits per heavy atom. The van der Waals surface area contributed by atoms with Crippen LogP contribution in [0, 0.1) is 17.8 Å². The van der Waals surface area contributed by atoms with E-state index in [-0.39, 0.29) is 5.92 Å². The molecule has 0 N–H and O–H groups in total. The molecule has 0 saturated heterocycles. The minimum absolute atomic E-state index is 0.0318. The summed E-state index contributed by atoms with van der Waals surface area (Å²) in [4.78, 5) is 12.3. The van der Waals surface area contributed by atoms with E-state index >= 15 is 0 Å². The van der Waals surface area contributed by atoms with Crippen molar-refractivity contribution in [2.75, 3.05) is 0 Å². The normalized spacial score (nSPS) is 21.4. The standard InChI is InChI=1S/C19H26O/c1-14(2)18(16-10-6-4-7-11-16)19(15(3)20)17-12-8-5-9-13-17/h4,6,8,10,12-14,18-19H,5,7,9,11H2,1-3H3. The van der Waals surface area contributed by atoms with Crippen LogP contribution in [-0.4, -0.2) is 5.78 Å². The Morgan fingerprint density at radius 2 is 1.95 bits per heavy atom. The van der Waals surface area contributed by atoms with Gasteiger partial charge < -0.3 is 0 Å². The molecule has 20 heavy (non-hydrogen) atoms. The predicted molar refractivity (Wildman–Crippen MR) is 85.4 cm³/mol. The molecule has 0 heterocycles. The summed E-state index contributed by atoms with van der Waals surface area (Å²) in [5.74, 6) is 1.16. The lowest BCUT2D eigenvalue weighted by molar-refractivity contribution is -0.121. The molecule has 0 aromatic heterocycles. The van der Waals surface area contributed by atoms with Gasteiger partial charge in [-0.1, -0.05) is 55.9 Å². The molecule has 0 radical (unpaired) electrons. The molecule has 2 atom stereocenters. The van der Waals surface area contributed by atoms with Crippen LogP contribution < -0.4 is 0 Å². The topological polar surface area (TPSA) is 17.1 Å². The van der Waals surface area contributed by atoms with Crippen molar-refractivity contribution in [2.45, 2.75) is 46.5 Å². The van der Waals surface area contributed by atoms with Crippen LogP contribution in [0.4, 0.5) is 0 Å². The summed E-state index contributed by atoms with van der Waals surface area (Å²) >= 11 is 0. The minimum atomic E-state index is 0.0318. The summed E-state index contributed by atoms with van der Waals surface area (Å²) in [5, 5.41) is 0. The van der Waals surface area contributed by atoms with Crippen molar-refractivity contribution >= 4 is 5.78 Å². The smallest absolute Gasteiger partial charge is 0.137 e. The number of carbonyl (C=O) groups is 1. The first kappa shape index (κ1) is 15.0. The number of rotatable bonds is 5. The average molecular weight is 270 g/mol. The molecule has 0 aliphatic heterocycles. The number of Topliss-reactive ketones (excluding diaryl/α,β-unsaturated/α-hetero) is 1. The van der Waals surface area contributed by atoms with E-state index in [0.717, 1.165) is 25.7 Å². The van der Waals surface area contributed by atoms with Gasteiger partial charge in [-0.2, -0.15) is 0 Å². The van der Waals surface area contributed by atoms with Crippen LogP contribution in [0.15, 0.2) is 47.6 Å². The van der Waals surface area contributed by atoms with Crippen molar-refractivity contribution in [2.24, 2.45) is 17.8 Å². The van der Waals surface area contributed by atoms with E-state index in [1.165, 1.54) is 11.1 Å². The SMILES string of the molecule is CC(=O)C(C1=CCCC=C1)C(C1=CC=CCC1)C(C)C. The van der Waals surface area contributed by atoms with Gasteiger partial charge in [0.2, 0.25) is 0 Å². The van der Waals surface area contributed by atoms with Crippen LogP contribution in [0.3, 0.4) is 0 Å². The highest BCUT2D eigenvalue weighted by molar-refractivity contribution is 5.83. The average Bonchev–Trinajstić information content (AvgIpc) is 2.45. The molecule has 2 rings (SSSR count). The lowest BCUT2D eigenvalue weighted by atomic mass is 9.70. The van der Waals surface area contributed by atoms with E-state index in [0.29, 0.717) is 17.6 Å². The van der Waals surface area contributed by atoms with E-state index in [1.807, 2.05) is 0 Å². The molecule has 0 bridgehead atoms. The Balaban J connectivity index is 2.35. The van der Waals surface area contributed by atoms with E-state index in [1.54, 1.807) is 6.92 Å². The first-order valence-corrected chi connectivity index (χ1v) is 7.84. The van der Waals surface area contributed by atoms with E-state index in [9.17, 15) is 4.79 Å². The van der Waals surface area contributed by atoms with E-state index in [4.69, 9.17) is 0 Å². The third kappa shape index (κ3) is 3.39. The lowest BCUT2D eigenvalue weighted by Gasteiger charge is -2.33. The van der Waals surface area contributed by atoms with Crippen LogP contribution in [-0.2, 0) is 4.79 Å². The largest absolute Gasteiger partial charge is 0.299 e. The Morgan fingerprint density at radius 3 is 2.45 bits per heavy atom. The Bertz CT molecular complexity index is 474. The minimum Gasteiger partial charge on any atom is -0.299 e. The van der Waals surface area contributed by atoms with Gasteiger partial charge in [0, 0.05) is 5.92 Å². The van der Waals surface area contributed by atoms with Gasteiger partial charge in [0.1, 0.15) is 5.78 Å². The fourth-order valence-electron chi connectivity index (χ4n) is 3.49. The fourth-order valence-corrected chi connectivity index (χ4v) is 3.49. The monoisotopic (exact) mass is 270 g/mol. The molecule has 0 spiro atoms. The summed E-state index contributed by atoms with van der Waals surface area (Å²) in [6, 6.07) is 0. The Labute approximate surface area is 123 Å². The predicted octanol–water partition coefficient (Wildman–Crippen LogP) is 5.02. The van der Waals surface area contributed by atoms with Gasteiger partial charge in [0.05, 0.1) is 0 Å². The van der Waals surface area contributed by atoms with Crippen molar-refractivity contribution in [3.63, 3.8) is 0 Å². The lowest BCUT2D eigenvalue weighted by Crippen LogP contribution is -2.29. The van der Waals surface area contributed by atoms with Crippen LogP contribution in [0.25, 0.3) is 0 Å². The maximum atomic E-state index is 12.3. The molecule has 2 aliphatic rings. The molecule has 0 saturated carbocycles. The first-order chi connectivity index (χ1) is 9.61. The zero-order valence-corrected chi connectivity index (χ0v) is 12.9. The summed E-state index contributed by atoms with van der Waals surface area (Å²) in [6.07, 6.45) is 17.6. The number of hydrogen-bond acceptors (Lipinski definition) is 1. The van der Waals surface area contributed by atoms with Crippen molar-refractivity contribution in [1.82, 2.24) is 0 Å². The van der Waals surface area contributed by atoms with Crippen LogP contribution >= 0.6 is 0 Å². The van der Waals surface area contributed by atoms with Crippen molar-refractivity contribution in [3.05, 3.63) is 47.6 Å². The zero-order valence-electron chi connectivity index (χ0n) is 12.9. The van der Waals surface area contributed by atoms with Gasteiger partial charge in [-0.3, -0.25) is 4.79 Å². The molecule has 1 nitrogen and oxygen atoms in total. The second-order valence-corrected chi connectivity index (χ2v) is 6.25. The highest BCUT2D eigenvalue weighted by atomic mass is 16.1. The van der Waals surface area contributed by atoms with Gasteiger partial charge in [0.25, 0.3) is 0 Å². The summed E-state index contributed by atoms with van der Waals surface area (Å²) < 4.78 is 0. The fraction of sp³-hybridized carbons (Fsp3) is 0.526. The number of carbonyl (C=O) groups excluding carboxylic acids is 1. The maximum Gasteiger partial charge on any atom is 0.137 e. The van der Waals surface area contributed by atoms with E-state index < -0.39 is 0 Å². The van der Waals surface area contributed by atoms with Gasteiger partial charge in [-0.15, -0.1) is 0 Å². The van der Waals surface area contributed by atoms with Crippen molar-refractivity contribution in [1.29, 1.82) is 0 Å². The molecule has 0 aromatic carbocycles. The highest BCUT2D eigenvalue weighted by Crippen LogP contribution is 2.38. The molecule has 0 fully saturated rings. The van der Waals surface area contributed by atoms with Gasteiger partial charge in [-0.05, 0) is 50.0 Å². The number of allylic oxidation sites excluding steroid dienone is 8. The molecular formula is C19H26O. The molecule has 2 unspecified atom stereocenters. The number of ketones is 1. The zero-order chi connectivity index (χ0) is 14.5. The summed E-state index contributed by atoms with van der Waals surface area (Å²) in [5.41, 5.74) is 2.68. The third-order valence-corrected chi connectivity index (χ3v) is 4.37. The quantitative estimate of drug-likeness (QED) is 0.685. The maximum absolute atomic E-state index is 12.3.